The number of hydrogen-bond donors (Lipinski definition) is 1. The summed E-state index contributed by atoms with van der Waals surface area (Å²) >= 11 is 0. The summed E-state index contributed by atoms with van der Waals surface area (Å²) in [6, 6.07) is 5.38. The van der Waals surface area contributed by atoms with Crippen LogP contribution in [0, 0.1) is 11.7 Å². The third-order valence-corrected chi connectivity index (χ3v) is 3.84. The van der Waals surface area contributed by atoms with E-state index in [1.165, 1.54) is 25.7 Å². The maximum atomic E-state index is 13.9. The molecule has 1 atom stereocenters. The molecule has 1 aromatic carbocycles. The summed E-state index contributed by atoms with van der Waals surface area (Å²) < 4.78 is 19.5. The third-order valence-electron chi connectivity index (χ3n) is 3.84. The highest BCUT2D eigenvalue weighted by Gasteiger charge is 2.16. The molecule has 2 rings (SSSR count). The lowest BCUT2D eigenvalue weighted by atomic mass is 10.1. The van der Waals surface area contributed by atoms with Gasteiger partial charge in [-0.2, -0.15) is 0 Å². The highest BCUT2D eigenvalue weighted by molar-refractivity contribution is 5.30. The zero-order valence-corrected chi connectivity index (χ0v) is 11.2. The molecule has 3 heteroatoms. The molecule has 1 saturated carbocycles. The van der Waals surface area contributed by atoms with Gasteiger partial charge in [-0.3, -0.25) is 0 Å². The maximum absolute atomic E-state index is 13.9. The van der Waals surface area contributed by atoms with Crippen molar-refractivity contribution < 1.29 is 9.13 Å². The van der Waals surface area contributed by atoms with Gasteiger partial charge in [-0.15, -0.1) is 0 Å². The molecule has 0 aromatic heterocycles. The number of rotatable bonds is 5. The Balaban J connectivity index is 1.96. The first-order chi connectivity index (χ1) is 8.70. The monoisotopic (exact) mass is 251 g/mol. The minimum atomic E-state index is -0.257. The molecule has 2 nitrogen and oxygen atoms in total. The number of benzene rings is 1. The van der Waals surface area contributed by atoms with Gasteiger partial charge >= 0.3 is 0 Å². The van der Waals surface area contributed by atoms with E-state index in [1.54, 1.807) is 12.1 Å². The molecule has 1 aliphatic rings. The fourth-order valence-corrected chi connectivity index (χ4v) is 2.45. The van der Waals surface area contributed by atoms with E-state index in [9.17, 15) is 4.39 Å². The largest absolute Gasteiger partial charge is 0.490 e. The van der Waals surface area contributed by atoms with Gasteiger partial charge in [0.2, 0.25) is 0 Å². The minimum absolute atomic E-state index is 0.156. The molecule has 0 aliphatic heterocycles. The van der Waals surface area contributed by atoms with Crippen molar-refractivity contribution in [3.63, 3.8) is 0 Å². The van der Waals surface area contributed by atoms with Crippen LogP contribution in [-0.2, 0) is 0 Å². The molecule has 0 spiro atoms. The lowest BCUT2D eigenvalue weighted by molar-refractivity contribution is 0.242. The van der Waals surface area contributed by atoms with Gasteiger partial charge in [0, 0.05) is 6.04 Å². The zero-order valence-electron chi connectivity index (χ0n) is 11.2. The Morgan fingerprint density at radius 3 is 2.72 bits per heavy atom. The lowest BCUT2D eigenvalue weighted by Crippen LogP contribution is -2.13. The second-order valence-electron chi connectivity index (χ2n) is 5.16. The molecule has 0 heterocycles. The summed E-state index contributed by atoms with van der Waals surface area (Å²) in [5.74, 6) is 0.738. The van der Waals surface area contributed by atoms with E-state index >= 15 is 0 Å². The molecule has 0 radical (unpaired) electrons. The molecule has 18 heavy (non-hydrogen) atoms. The average molecular weight is 251 g/mol. The molecule has 0 amide bonds. The summed E-state index contributed by atoms with van der Waals surface area (Å²) in [5, 5.41) is 3.10. The molecule has 1 aliphatic carbocycles. The molecule has 1 N–H and O–H groups in total. The van der Waals surface area contributed by atoms with E-state index in [0.29, 0.717) is 18.3 Å². The van der Waals surface area contributed by atoms with Crippen molar-refractivity contribution >= 4 is 0 Å². The molecule has 0 saturated heterocycles. The summed E-state index contributed by atoms with van der Waals surface area (Å²) in [4.78, 5) is 0. The molecule has 1 fully saturated rings. The predicted molar refractivity (Wildman–Crippen MR) is 71.3 cm³/mol. The van der Waals surface area contributed by atoms with Crippen LogP contribution in [0.1, 0.15) is 44.2 Å². The van der Waals surface area contributed by atoms with E-state index in [4.69, 9.17) is 4.74 Å². The smallest absolute Gasteiger partial charge is 0.165 e. The van der Waals surface area contributed by atoms with Gasteiger partial charge in [0.25, 0.3) is 0 Å². The van der Waals surface area contributed by atoms with Crippen molar-refractivity contribution in [1.82, 2.24) is 5.32 Å². The van der Waals surface area contributed by atoms with Crippen LogP contribution < -0.4 is 10.1 Å². The summed E-state index contributed by atoms with van der Waals surface area (Å²) in [7, 11) is 1.87. The van der Waals surface area contributed by atoms with Gasteiger partial charge in [0.15, 0.2) is 11.6 Å². The van der Waals surface area contributed by atoms with Gasteiger partial charge in [0.1, 0.15) is 0 Å². The Hall–Kier alpha value is -1.09. The van der Waals surface area contributed by atoms with Crippen LogP contribution in [0.2, 0.25) is 0 Å². The van der Waals surface area contributed by atoms with Crippen LogP contribution in [-0.4, -0.2) is 13.7 Å². The Morgan fingerprint density at radius 1 is 1.39 bits per heavy atom. The number of hydrogen-bond acceptors (Lipinski definition) is 2. The molecule has 1 unspecified atom stereocenters. The normalized spacial score (nSPS) is 17.9. The van der Waals surface area contributed by atoms with Crippen molar-refractivity contribution in [3.8, 4) is 5.75 Å². The first-order valence-electron chi connectivity index (χ1n) is 6.80. The van der Waals surface area contributed by atoms with E-state index in [2.05, 4.69) is 5.32 Å². The van der Waals surface area contributed by atoms with Crippen LogP contribution in [0.5, 0.6) is 5.75 Å². The highest BCUT2D eigenvalue weighted by Crippen LogP contribution is 2.27. The number of ether oxygens (including phenoxy) is 1. The van der Waals surface area contributed by atoms with Crippen LogP contribution in [0.4, 0.5) is 4.39 Å². The predicted octanol–water partition coefficient (Wildman–Crippen LogP) is 3.68. The summed E-state index contributed by atoms with van der Waals surface area (Å²) in [6.45, 7) is 2.66. The molecule has 0 bridgehead atoms. The number of halogens is 1. The van der Waals surface area contributed by atoms with Crippen LogP contribution in [0.15, 0.2) is 18.2 Å². The van der Waals surface area contributed by atoms with Crippen molar-refractivity contribution in [1.29, 1.82) is 0 Å². The maximum Gasteiger partial charge on any atom is 0.165 e. The summed E-state index contributed by atoms with van der Waals surface area (Å²) in [6.07, 6.45) is 5.01. The van der Waals surface area contributed by atoms with E-state index in [1.807, 2.05) is 20.0 Å². The van der Waals surface area contributed by atoms with Crippen molar-refractivity contribution in [3.05, 3.63) is 29.6 Å². The topological polar surface area (TPSA) is 21.3 Å². The number of nitrogens with one attached hydrogen (secondary N) is 1. The highest BCUT2D eigenvalue weighted by atomic mass is 19.1. The van der Waals surface area contributed by atoms with Gasteiger partial charge in [-0.05, 0) is 50.4 Å². The van der Waals surface area contributed by atoms with Crippen LogP contribution in [0.3, 0.4) is 0 Å². The average Bonchev–Trinajstić information content (AvgIpc) is 2.89. The second-order valence-corrected chi connectivity index (χ2v) is 5.16. The Morgan fingerprint density at radius 2 is 2.11 bits per heavy atom. The fraction of sp³-hybridized carbons (Fsp3) is 0.600. The lowest BCUT2D eigenvalue weighted by Gasteiger charge is -2.14. The van der Waals surface area contributed by atoms with Crippen LogP contribution in [0.25, 0.3) is 0 Å². The fourth-order valence-electron chi connectivity index (χ4n) is 2.45. The van der Waals surface area contributed by atoms with E-state index < -0.39 is 0 Å². The standard InChI is InChI=1S/C15H22FNO/c1-11(17-2)13-7-8-15(14(16)9-13)18-10-12-5-3-4-6-12/h7-9,11-12,17H,3-6,10H2,1-2H3. The van der Waals surface area contributed by atoms with Gasteiger partial charge in [0.05, 0.1) is 6.61 Å². The van der Waals surface area contributed by atoms with Gasteiger partial charge in [-0.1, -0.05) is 18.9 Å². The van der Waals surface area contributed by atoms with Crippen molar-refractivity contribution in [2.24, 2.45) is 5.92 Å². The molecule has 1 aromatic rings. The molecule has 100 valence electrons. The van der Waals surface area contributed by atoms with Crippen LogP contribution >= 0.6 is 0 Å². The van der Waals surface area contributed by atoms with E-state index in [0.717, 1.165) is 5.56 Å². The Labute approximate surface area is 109 Å². The van der Waals surface area contributed by atoms with Crippen molar-refractivity contribution in [2.75, 3.05) is 13.7 Å². The first kappa shape index (κ1) is 13.3. The minimum Gasteiger partial charge on any atom is -0.490 e. The van der Waals surface area contributed by atoms with E-state index in [-0.39, 0.29) is 11.9 Å². The Bertz CT molecular complexity index is 388. The molecular formula is C15H22FNO. The second kappa shape index (κ2) is 6.19. The SMILES string of the molecule is CNC(C)c1ccc(OCC2CCCC2)c(F)c1. The zero-order chi connectivity index (χ0) is 13.0. The van der Waals surface area contributed by atoms with Gasteiger partial charge < -0.3 is 10.1 Å². The van der Waals surface area contributed by atoms with Crippen molar-refractivity contribution in [2.45, 2.75) is 38.6 Å². The quantitative estimate of drug-likeness (QED) is 0.862. The van der Waals surface area contributed by atoms with Gasteiger partial charge in [-0.25, -0.2) is 4.39 Å². The first-order valence-corrected chi connectivity index (χ1v) is 6.80. The summed E-state index contributed by atoms with van der Waals surface area (Å²) in [5.41, 5.74) is 0.947. The Kier molecular flexibility index (Phi) is 4.59. The molecular weight excluding hydrogens is 229 g/mol. The third kappa shape index (κ3) is 3.22.